The van der Waals surface area contributed by atoms with Gasteiger partial charge in [-0.2, -0.15) is 5.11 Å². The van der Waals surface area contributed by atoms with E-state index < -0.39 is 0 Å². The molecule has 0 fully saturated rings. The lowest BCUT2D eigenvalue weighted by Crippen LogP contribution is -1.78. The van der Waals surface area contributed by atoms with E-state index in [4.69, 9.17) is 10.6 Å². The van der Waals surface area contributed by atoms with Crippen molar-refractivity contribution in [3.8, 4) is 0 Å². The molecule has 1 aromatic carbocycles. The van der Waals surface area contributed by atoms with Crippen LogP contribution in [-0.2, 0) is 6.61 Å². The summed E-state index contributed by atoms with van der Waals surface area (Å²) in [6.45, 7) is 0.0400. The van der Waals surface area contributed by atoms with E-state index in [1.165, 1.54) is 0 Å². The molecule has 0 unspecified atom stereocenters. The molecule has 0 amide bonds. The van der Waals surface area contributed by atoms with Crippen molar-refractivity contribution in [2.24, 2.45) is 5.11 Å². The van der Waals surface area contributed by atoms with E-state index in [-0.39, 0.29) is 6.61 Å². The highest BCUT2D eigenvalue weighted by molar-refractivity contribution is 5.37. The second kappa shape index (κ2) is 3.08. The quantitative estimate of drug-likeness (QED) is 0.599. The smallest absolute Gasteiger partial charge is 0.0850 e. The number of benzene rings is 1. The molecule has 3 nitrogen and oxygen atoms in total. The molecule has 2 N–H and O–H groups in total. The zero-order valence-electron chi connectivity index (χ0n) is 5.41. The fourth-order valence-corrected chi connectivity index (χ4v) is 0.676. The van der Waals surface area contributed by atoms with Gasteiger partial charge in [-0.3, -0.25) is 0 Å². The number of nitrogens with zero attached hydrogens (tertiary/aromatic N) is 1. The SMILES string of the molecule is N=Nc1ccc(CO)cc1. The van der Waals surface area contributed by atoms with Gasteiger partial charge in [0.2, 0.25) is 0 Å². The molecule has 0 bridgehead atoms. The van der Waals surface area contributed by atoms with Crippen LogP contribution in [0.15, 0.2) is 29.4 Å². The summed E-state index contributed by atoms with van der Waals surface area (Å²) < 4.78 is 0. The third-order valence-corrected chi connectivity index (χ3v) is 1.25. The first-order valence-electron chi connectivity index (χ1n) is 2.94. The van der Waals surface area contributed by atoms with Gasteiger partial charge in [-0.05, 0) is 17.7 Å². The number of nitrogens with one attached hydrogen (secondary N) is 1. The Morgan fingerprint density at radius 2 is 1.90 bits per heavy atom. The summed E-state index contributed by atoms with van der Waals surface area (Å²) in [6, 6.07) is 6.87. The summed E-state index contributed by atoms with van der Waals surface area (Å²) >= 11 is 0. The minimum Gasteiger partial charge on any atom is -0.392 e. The molecular weight excluding hydrogens is 128 g/mol. The average molecular weight is 136 g/mol. The van der Waals surface area contributed by atoms with Gasteiger partial charge in [0.1, 0.15) is 0 Å². The van der Waals surface area contributed by atoms with Crippen molar-refractivity contribution in [3.63, 3.8) is 0 Å². The lowest BCUT2D eigenvalue weighted by molar-refractivity contribution is 0.282. The van der Waals surface area contributed by atoms with Crippen LogP contribution in [0.1, 0.15) is 5.56 Å². The zero-order chi connectivity index (χ0) is 7.40. The van der Waals surface area contributed by atoms with Gasteiger partial charge in [-0.25, -0.2) is 5.53 Å². The first-order chi connectivity index (χ1) is 4.86. The van der Waals surface area contributed by atoms with Gasteiger partial charge in [0, 0.05) is 0 Å². The molecule has 0 aliphatic heterocycles. The Morgan fingerprint density at radius 3 is 2.30 bits per heavy atom. The molecule has 0 radical (unpaired) electrons. The maximum atomic E-state index is 8.62. The van der Waals surface area contributed by atoms with Crippen molar-refractivity contribution in [2.45, 2.75) is 6.61 Å². The topological polar surface area (TPSA) is 56.4 Å². The van der Waals surface area contributed by atoms with Gasteiger partial charge >= 0.3 is 0 Å². The Labute approximate surface area is 58.8 Å². The molecule has 0 aliphatic carbocycles. The third kappa shape index (κ3) is 1.39. The van der Waals surface area contributed by atoms with Gasteiger partial charge in [-0.15, -0.1) is 0 Å². The van der Waals surface area contributed by atoms with Crippen LogP contribution in [0, 0.1) is 5.53 Å². The summed E-state index contributed by atoms with van der Waals surface area (Å²) in [5, 5.41) is 11.8. The minimum absolute atomic E-state index is 0.0400. The standard InChI is InChI=1S/C7H8N2O/c8-9-7-3-1-6(5-10)2-4-7/h1-4,8,10H,5H2. The van der Waals surface area contributed by atoms with E-state index in [1.807, 2.05) is 0 Å². The number of aliphatic hydroxyl groups excluding tert-OH is 1. The van der Waals surface area contributed by atoms with Gasteiger partial charge in [-0.1, -0.05) is 12.1 Å². The van der Waals surface area contributed by atoms with Crippen LogP contribution < -0.4 is 0 Å². The molecule has 0 saturated heterocycles. The molecule has 0 saturated carbocycles. The molecule has 0 aliphatic rings. The second-order valence-electron chi connectivity index (χ2n) is 1.94. The predicted molar refractivity (Wildman–Crippen MR) is 37.2 cm³/mol. The molecule has 0 heterocycles. The summed E-state index contributed by atoms with van der Waals surface area (Å²) in [7, 11) is 0. The van der Waals surface area contributed by atoms with Crippen LogP contribution in [-0.4, -0.2) is 5.11 Å². The van der Waals surface area contributed by atoms with E-state index in [0.717, 1.165) is 5.56 Å². The number of aliphatic hydroxyl groups is 1. The van der Waals surface area contributed by atoms with Crippen molar-refractivity contribution < 1.29 is 5.11 Å². The van der Waals surface area contributed by atoms with Crippen LogP contribution >= 0.6 is 0 Å². The number of rotatable bonds is 2. The predicted octanol–water partition coefficient (Wildman–Crippen LogP) is 1.84. The Morgan fingerprint density at radius 1 is 1.30 bits per heavy atom. The minimum atomic E-state index is 0.0400. The molecule has 0 atom stereocenters. The maximum Gasteiger partial charge on any atom is 0.0850 e. The van der Waals surface area contributed by atoms with Crippen LogP contribution in [0.3, 0.4) is 0 Å². The summed E-state index contributed by atoms with van der Waals surface area (Å²) in [5.74, 6) is 0. The first-order valence-corrected chi connectivity index (χ1v) is 2.94. The molecule has 1 aromatic rings. The largest absolute Gasteiger partial charge is 0.392 e. The van der Waals surface area contributed by atoms with E-state index in [9.17, 15) is 0 Å². The maximum absolute atomic E-state index is 8.62. The van der Waals surface area contributed by atoms with Crippen molar-refractivity contribution in [1.82, 2.24) is 0 Å². The molecular formula is C7H8N2O. The van der Waals surface area contributed by atoms with E-state index in [2.05, 4.69) is 5.11 Å². The Bertz CT molecular complexity index is 218. The third-order valence-electron chi connectivity index (χ3n) is 1.25. The normalized spacial score (nSPS) is 9.30. The van der Waals surface area contributed by atoms with Crippen molar-refractivity contribution in [3.05, 3.63) is 29.8 Å². The second-order valence-corrected chi connectivity index (χ2v) is 1.94. The van der Waals surface area contributed by atoms with Crippen molar-refractivity contribution in [2.75, 3.05) is 0 Å². The summed E-state index contributed by atoms with van der Waals surface area (Å²) in [6.07, 6.45) is 0. The highest BCUT2D eigenvalue weighted by Crippen LogP contribution is 2.11. The summed E-state index contributed by atoms with van der Waals surface area (Å²) in [4.78, 5) is 0. The van der Waals surface area contributed by atoms with Crippen LogP contribution in [0.4, 0.5) is 5.69 Å². The Balaban J connectivity index is 2.90. The monoisotopic (exact) mass is 136 g/mol. The lowest BCUT2D eigenvalue weighted by atomic mass is 10.2. The molecule has 10 heavy (non-hydrogen) atoms. The Hall–Kier alpha value is -1.22. The fourth-order valence-electron chi connectivity index (χ4n) is 0.676. The fraction of sp³-hybridized carbons (Fsp3) is 0.143. The van der Waals surface area contributed by atoms with E-state index in [0.29, 0.717) is 5.69 Å². The highest BCUT2D eigenvalue weighted by Gasteiger charge is 1.88. The highest BCUT2D eigenvalue weighted by atomic mass is 16.3. The number of hydrogen-bond donors (Lipinski definition) is 2. The Kier molecular flexibility index (Phi) is 2.12. The van der Waals surface area contributed by atoms with Crippen LogP contribution in [0.25, 0.3) is 0 Å². The average Bonchev–Trinajstić information content (AvgIpc) is 2.05. The molecule has 3 heteroatoms. The molecule has 0 spiro atoms. The van der Waals surface area contributed by atoms with Crippen LogP contribution in [0.2, 0.25) is 0 Å². The van der Waals surface area contributed by atoms with Gasteiger partial charge in [0.05, 0.1) is 12.3 Å². The van der Waals surface area contributed by atoms with Gasteiger partial charge < -0.3 is 5.11 Å². The lowest BCUT2D eigenvalue weighted by Gasteiger charge is -1.93. The number of hydrogen-bond acceptors (Lipinski definition) is 3. The molecule has 0 aromatic heterocycles. The summed E-state index contributed by atoms with van der Waals surface area (Å²) in [5.41, 5.74) is 8.08. The van der Waals surface area contributed by atoms with E-state index >= 15 is 0 Å². The van der Waals surface area contributed by atoms with E-state index in [1.54, 1.807) is 24.3 Å². The molecule has 52 valence electrons. The van der Waals surface area contributed by atoms with Gasteiger partial charge in [0.15, 0.2) is 0 Å². The zero-order valence-corrected chi connectivity index (χ0v) is 5.41. The van der Waals surface area contributed by atoms with Gasteiger partial charge in [0.25, 0.3) is 0 Å². The molecule has 1 rings (SSSR count). The van der Waals surface area contributed by atoms with Crippen molar-refractivity contribution in [1.29, 1.82) is 5.53 Å². The van der Waals surface area contributed by atoms with Crippen LogP contribution in [0.5, 0.6) is 0 Å². The first kappa shape index (κ1) is 6.89. The van der Waals surface area contributed by atoms with Crippen molar-refractivity contribution >= 4 is 5.69 Å².